The van der Waals surface area contributed by atoms with Crippen molar-refractivity contribution < 1.29 is 32.7 Å². The molecule has 1 aliphatic rings. The number of nitrogens with zero attached hydrogens (tertiary/aromatic N) is 2. The standard InChI is InChI=1S/C33H27F3N2O4/c1-2-37-28-16-14-25(33(34,35)36)20-29(28)38(26-6-4-3-5-7-26)32(42)27-15-12-23(19-24(27)13-17-30(37)39)22-10-8-21(9-11-22)18-31(40)41/h3-12,14-16,19-20H,2,13,17-18H2,1H3,(H,40,41). The summed E-state index contributed by atoms with van der Waals surface area (Å²) in [6.45, 7) is 1.93. The normalized spacial score (nSPS) is 13.9. The molecule has 1 N–H and O–H groups in total. The van der Waals surface area contributed by atoms with Crippen LogP contribution in [0.25, 0.3) is 11.1 Å². The van der Waals surface area contributed by atoms with Crippen LogP contribution in [0.5, 0.6) is 0 Å². The van der Waals surface area contributed by atoms with Gasteiger partial charge in [-0.05, 0) is 72.0 Å². The van der Waals surface area contributed by atoms with Crippen LogP contribution >= 0.6 is 0 Å². The number of carbonyl (C=O) groups is 3. The van der Waals surface area contributed by atoms with Crippen molar-refractivity contribution in [2.45, 2.75) is 32.4 Å². The second-order valence-electron chi connectivity index (χ2n) is 9.95. The summed E-state index contributed by atoms with van der Waals surface area (Å²) in [4.78, 5) is 41.5. The zero-order valence-electron chi connectivity index (χ0n) is 22.7. The number of para-hydroxylation sites is 1. The van der Waals surface area contributed by atoms with E-state index in [2.05, 4.69) is 0 Å². The van der Waals surface area contributed by atoms with Gasteiger partial charge >= 0.3 is 12.1 Å². The van der Waals surface area contributed by atoms with Crippen molar-refractivity contribution in [3.63, 3.8) is 0 Å². The molecule has 4 aromatic carbocycles. The van der Waals surface area contributed by atoms with Crippen molar-refractivity contribution in [2.75, 3.05) is 16.3 Å². The fourth-order valence-electron chi connectivity index (χ4n) is 5.21. The maximum Gasteiger partial charge on any atom is 0.416 e. The van der Waals surface area contributed by atoms with Crippen molar-refractivity contribution in [2.24, 2.45) is 0 Å². The zero-order valence-corrected chi connectivity index (χ0v) is 22.7. The van der Waals surface area contributed by atoms with Gasteiger partial charge in [0.2, 0.25) is 5.91 Å². The van der Waals surface area contributed by atoms with Crippen LogP contribution in [0.3, 0.4) is 0 Å². The first-order valence-corrected chi connectivity index (χ1v) is 13.4. The third kappa shape index (κ3) is 5.76. The van der Waals surface area contributed by atoms with E-state index in [-0.39, 0.29) is 48.7 Å². The largest absolute Gasteiger partial charge is 0.481 e. The summed E-state index contributed by atoms with van der Waals surface area (Å²) in [5.74, 6) is -1.74. The van der Waals surface area contributed by atoms with Crippen molar-refractivity contribution in [3.8, 4) is 11.1 Å². The summed E-state index contributed by atoms with van der Waals surface area (Å²) in [5.41, 5.74) is 2.63. The Balaban J connectivity index is 1.69. The number of alkyl halides is 3. The van der Waals surface area contributed by atoms with Gasteiger partial charge in [-0.25, -0.2) is 0 Å². The Morgan fingerprint density at radius 2 is 1.52 bits per heavy atom. The molecule has 0 atom stereocenters. The van der Waals surface area contributed by atoms with Gasteiger partial charge in [-0.1, -0.05) is 54.6 Å². The number of benzene rings is 4. The quantitative estimate of drug-likeness (QED) is 0.273. The first-order valence-electron chi connectivity index (χ1n) is 13.4. The second kappa shape index (κ2) is 11.5. The van der Waals surface area contributed by atoms with E-state index in [1.54, 1.807) is 79.7 Å². The summed E-state index contributed by atoms with van der Waals surface area (Å²) in [6.07, 6.45) is -4.49. The molecule has 9 heteroatoms. The van der Waals surface area contributed by atoms with Crippen LogP contribution in [0.15, 0.2) is 91.0 Å². The number of carboxylic acid groups (broad SMARTS) is 1. The smallest absolute Gasteiger partial charge is 0.416 e. The van der Waals surface area contributed by atoms with Crippen molar-refractivity contribution >= 4 is 34.8 Å². The maximum atomic E-state index is 14.3. The topological polar surface area (TPSA) is 77.9 Å². The number of anilines is 3. The van der Waals surface area contributed by atoms with E-state index in [1.807, 2.05) is 0 Å². The Hall–Kier alpha value is -4.92. The molecule has 5 rings (SSSR count). The summed E-state index contributed by atoms with van der Waals surface area (Å²) < 4.78 is 41.7. The SMILES string of the molecule is CCN1C(=O)CCc2cc(-c3ccc(CC(=O)O)cc3)ccc2C(=O)N(c2ccccc2)c2cc(C(F)(F)F)ccc21. The highest BCUT2D eigenvalue weighted by atomic mass is 19.4. The van der Waals surface area contributed by atoms with Crippen LogP contribution in [0.2, 0.25) is 0 Å². The predicted molar refractivity (Wildman–Crippen MR) is 154 cm³/mol. The van der Waals surface area contributed by atoms with Gasteiger partial charge in [-0.2, -0.15) is 13.2 Å². The molecule has 0 radical (unpaired) electrons. The van der Waals surface area contributed by atoms with E-state index in [9.17, 15) is 27.6 Å². The third-order valence-electron chi connectivity index (χ3n) is 7.26. The molecule has 4 aromatic rings. The molecule has 0 bridgehead atoms. The molecular formula is C33H27F3N2O4. The lowest BCUT2D eigenvalue weighted by atomic mass is 9.94. The van der Waals surface area contributed by atoms with E-state index in [4.69, 9.17) is 5.11 Å². The van der Waals surface area contributed by atoms with Gasteiger partial charge < -0.3 is 10.0 Å². The van der Waals surface area contributed by atoms with E-state index >= 15 is 0 Å². The molecule has 0 unspecified atom stereocenters. The van der Waals surface area contributed by atoms with Crippen molar-refractivity contribution in [1.29, 1.82) is 0 Å². The van der Waals surface area contributed by atoms with Gasteiger partial charge in [0.25, 0.3) is 5.91 Å². The number of carbonyl (C=O) groups excluding carboxylic acids is 2. The van der Waals surface area contributed by atoms with Crippen LogP contribution in [-0.2, 0) is 28.6 Å². The Kier molecular flexibility index (Phi) is 7.85. The van der Waals surface area contributed by atoms with Gasteiger partial charge in [-0.15, -0.1) is 0 Å². The maximum absolute atomic E-state index is 14.3. The third-order valence-corrected chi connectivity index (χ3v) is 7.26. The highest BCUT2D eigenvalue weighted by Crippen LogP contribution is 2.42. The lowest BCUT2D eigenvalue weighted by molar-refractivity contribution is -0.138. The van der Waals surface area contributed by atoms with Crippen molar-refractivity contribution in [1.82, 2.24) is 0 Å². The molecule has 0 aromatic heterocycles. The average Bonchev–Trinajstić information content (AvgIpc) is 2.97. The summed E-state index contributed by atoms with van der Waals surface area (Å²) in [6, 6.07) is 23.7. The molecule has 0 spiro atoms. The van der Waals surface area contributed by atoms with E-state index in [0.29, 0.717) is 16.8 Å². The highest BCUT2D eigenvalue weighted by molar-refractivity contribution is 6.15. The first kappa shape index (κ1) is 28.6. The second-order valence-corrected chi connectivity index (χ2v) is 9.95. The Morgan fingerprint density at radius 3 is 2.17 bits per heavy atom. The molecule has 2 amide bonds. The van der Waals surface area contributed by atoms with E-state index in [1.165, 1.54) is 15.9 Å². The number of hydrogen-bond donors (Lipinski definition) is 1. The van der Waals surface area contributed by atoms with Crippen LogP contribution in [0.4, 0.5) is 30.2 Å². The first-order chi connectivity index (χ1) is 20.1. The number of rotatable bonds is 5. The minimum atomic E-state index is -4.66. The lowest BCUT2D eigenvalue weighted by Crippen LogP contribution is -2.36. The fourth-order valence-corrected chi connectivity index (χ4v) is 5.21. The van der Waals surface area contributed by atoms with Gasteiger partial charge in [0.1, 0.15) is 0 Å². The monoisotopic (exact) mass is 572 g/mol. The molecule has 6 nitrogen and oxygen atoms in total. The predicted octanol–water partition coefficient (Wildman–Crippen LogP) is 7.28. The van der Waals surface area contributed by atoms with Crippen LogP contribution in [0.1, 0.15) is 40.4 Å². The summed E-state index contributed by atoms with van der Waals surface area (Å²) in [5, 5.41) is 9.06. The number of aliphatic carboxylic acids is 1. The van der Waals surface area contributed by atoms with Gasteiger partial charge in [-0.3, -0.25) is 19.3 Å². The number of halogens is 3. The number of aryl methyl sites for hydroxylation is 1. The number of carboxylic acids is 1. The van der Waals surface area contributed by atoms with Crippen molar-refractivity contribution in [3.05, 3.63) is 113 Å². The molecule has 1 aliphatic heterocycles. The van der Waals surface area contributed by atoms with Gasteiger partial charge in [0.05, 0.1) is 23.4 Å². The number of fused-ring (bicyclic) bond motifs is 2. The molecular weight excluding hydrogens is 545 g/mol. The van der Waals surface area contributed by atoms with Crippen LogP contribution in [-0.4, -0.2) is 29.4 Å². The molecule has 214 valence electrons. The van der Waals surface area contributed by atoms with E-state index in [0.717, 1.165) is 23.3 Å². The van der Waals surface area contributed by atoms with Gasteiger partial charge in [0, 0.05) is 24.2 Å². The Bertz CT molecular complexity index is 1650. The molecule has 1 heterocycles. The van der Waals surface area contributed by atoms with Gasteiger partial charge in [0.15, 0.2) is 0 Å². The van der Waals surface area contributed by atoms with Crippen LogP contribution < -0.4 is 9.80 Å². The molecule has 42 heavy (non-hydrogen) atoms. The van der Waals surface area contributed by atoms with Crippen LogP contribution in [0, 0.1) is 0 Å². The fraction of sp³-hybridized carbons (Fsp3) is 0.182. The minimum Gasteiger partial charge on any atom is -0.481 e. The Labute approximate surface area is 240 Å². The lowest BCUT2D eigenvalue weighted by Gasteiger charge is -2.32. The molecule has 0 fully saturated rings. The summed E-state index contributed by atoms with van der Waals surface area (Å²) >= 11 is 0. The number of hydrogen-bond acceptors (Lipinski definition) is 3. The highest BCUT2D eigenvalue weighted by Gasteiger charge is 2.35. The number of amides is 2. The van der Waals surface area contributed by atoms with E-state index < -0.39 is 23.6 Å². The minimum absolute atomic E-state index is 0.0397. The average molecular weight is 573 g/mol. The molecule has 0 saturated carbocycles. The summed E-state index contributed by atoms with van der Waals surface area (Å²) in [7, 11) is 0. The molecule has 0 saturated heterocycles. The zero-order chi connectivity index (χ0) is 30.0. The Morgan fingerprint density at radius 1 is 0.833 bits per heavy atom. The molecule has 0 aliphatic carbocycles.